The zero-order chi connectivity index (χ0) is 23.6. The summed E-state index contributed by atoms with van der Waals surface area (Å²) in [6, 6.07) is 2.10. The lowest BCUT2D eigenvalue weighted by Crippen LogP contribution is -2.58. The van der Waals surface area contributed by atoms with Crippen LogP contribution in [0.1, 0.15) is 19.8 Å². The Morgan fingerprint density at radius 1 is 1.19 bits per heavy atom. The second-order valence-corrected chi connectivity index (χ2v) is 9.04. The molecule has 2 saturated heterocycles. The van der Waals surface area contributed by atoms with Crippen molar-refractivity contribution in [3.63, 3.8) is 0 Å². The maximum atomic E-state index is 12.7. The SMILES string of the molecule is C[C@H]1CN(C(=O)O)CCN1C1CCN(C(=O)Nc2cc(OC(F)(F)F)c(Br)cc2Cl)CC1. The van der Waals surface area contributed by atoms with Crippen molar-refractivity contribution in [1.29, 1.82) is 0 Å². The maximum Gasteiger partial charge on any atom is 0.573 e. The van der Waals surface area contributed by atoms with Gasteiger partial charge in [0, 0.05) is 50.9 Å². The van der Waals surface area contributed by atoms with E-state index in [0.717, 1.165) is 6.07 Å². The van der Waals surface area contributed by atoms with E-state index in [1.807, 2.05) is 6.92 Å². The molecule has 13 heteroatoms. The predicted molar refractivity (Wildman–Crippen MR) is 115 cm³/mol. The number of urea groups is 1. The third-order valence-electron chi connectivity index (χ3n) is 5.66. The van der Waals surface area contributed by atoms with Gasteiger partial charge in [0.05, 0.1) is 15.2 Å². The van der Waals surface area contributed by atoms with Crippen LogP contribution in [0.4, 0.5) is 28.4 Å². The molecule has 0 radical (unpaired) electrons. The molecule has 2 aliphatic rings. The van der Waals surface area contributed by atoms with Gasteiger partial charge in [0.15, 0.2) is 0 Å². The molecule has 3 amide bonds. The van der Waals surface area contributed by atoms with Crippen molar-refractivity contribution >= 4 is 45.3 Å². The van der Waals surface area contributed by atoms with Crippen molar-refractivity contribution in [2.45, 2.75) is 38.2 Å². The zero-order valence-corrected chi connectivity index (χ0v) is 19.5. The summed E-state index contributed by atoms with van der Waals surface area (Å²) >= 11 is 9.04. The van der Waals surface area contributed by atoms with Gasteiger partial charge in [-0.1, -0.05) is 11.6 Å². The first-order valence-electron chi connectivity index (χ1n) is 9.99. The van der Waals surface area contributed by atoms with E-state index in [9.17, 15) is 22.8 Å². The Balaban J connectivity index is 1.57. The Morgan fingerprint density at radius 3 is 2.41 bits per heavy atom. The topological polar surface area (TPSA) is 85.4 Å². The van der Waals surface area contributed by atoms with Gasteiger partial charge in [0.2, 0.25) is 0 Å². The monoisotopic (exact) mass is 542 g/mol. The first-order valence-corrected chi connectivity index (χ1v) is 11.2. The fourth-order valence-corrected chi connectivity index (χ4v) is 4.88. The molecule has 0 aliphatic carbocycles. The summed E-state index contributed by atoms with van der Waals surface area (Å²) in [7, 11) is 0. The summed E-state index contributed by atoms with van der Waals surface area (Å²) in [6.45, 7) is 4.45. The summed E-state index contributed by atoms with van der Waals surface area (Å²) in [5, 5.41) is 11.8. The van der Waals surface area contributed by atoms with Crippen molar-refractivity contribution < 1.29 is 32.6 Å². The van der Waals surface area contributed by atoms with Crippen LogP contribution < -0.4 is 10.1 Å². The molecule has 0 spiro atoms. The molecule has 0 bridgehead atoms. The molecule has 2 fully saturated rings. The molecule has 3 rings (SSSR count). The van der Waals surface area contributed by atoms with Gasteiger partial charge in [0.1, 0.15) is 5.75 Å². The van der Waals surface area contributed by atoms with Gasteiger partial charge in [-0.3, -0.25) is 4.90 Å². The normalized spacial score (nSPS) is 20.9. The number of anilines is 1. The molecular formula is C19H23BrClF3N4O4. The standard InChI is InChI=1S/C19H23BrClF3N4O4/c1-11-10-27(18(30)31)6-7-28(11)12-2-4-26(5-3-12)17(29)25-15-9-16(32-19(22,23)24)13(20)8-14(15)21/h8-9,11-12H,2-7,10H2,1H3,(H,25,29)(H,30,31)/t11-/m0/s1. The largest absolute Gasteiger partial charge is 0.573 e. The number of carbonyl (C=O) groups excluding carboxylic acids is 1. The number of likely N-dealkylation sites (tertiary alicyclic amines) is 1. The van der Waals surface area contributed by atoms with Crippen LogP contribution in [0.3, 0.4) is 0 Å². The highest BCUT2D eigenvalue weighted by Crippen LogP contribution is 2.37. The summed E-state index contributed by atoms with van der Waals surface area (Å²) in [5.74, 6) is -0.509. The fraction of sp³-hybridized carbons (Fsp3) is 0.579. The van der Waals surface area contributed by atoms with Gasteiger partial charge in [-0.15, -0.1) is 13.2 Å². The first-order chi connectivity index (χ1) is 14.9. The summed E-state index contributed by atoms with van der Waals surface area (Å²) in [4.78, 5) is 29.1. The van der Waals surface area contributed by atoms with E-state index in [4.69, 9.17) is 16.7 Å². The van der Waals surface area contributed by atoms with Gasteiger partial charge in [0.25, 0.3) is 0 Å². The molecule has 1 aromatic rings. The Bertz CT molecular complexity index is 868. The van der Waals surface area contributed by atoms with Crippen LogP contribution >= 0.6 is 27.5 Å². The third kappa shape index (κ3) is 6.10. The number of hydrogen-bond acceptors (Lipinski definition) is 4. The van der Waals surface area contributed by atoms with E-state index >= 15 is 0 Å². The minimum absolute atomic E-state index is 0.00996. The lowest BCUT2D eigenvalue weighted by molar-refractivity contribution is -0.274. The van der Waals surface area contributed by atoms with Crippen molar-refractivity contribution in [3.05, 3.63) is 21.6 Å². The van der Waals surface area contributed by atoms with Crippen LogP contribution in [-0.4, -0.2) is 83.1 Å². The van der Waals surface area contributed by atoms with Crippen LogP contribution in [0.2, 0.25) is 5.02 Å². The Hall–Kier alpha value is -1.92. The molecule has 2 aliphatic heterocycles. The average Bonchev–Trinajstić information content (AvgIpc) is 2.70. The average molecular weight is 544 g/mol. The van der Waals surface area contributed by atoms with Crippen LogP contribution in [0.15, 0.2) is 16.6 Å². The number of nitrogens with one attached hydrogen (secondary N) is 1. The van der Waals surface area contributed by atoms with E-state index < -0.39 is 24.2 Å². The number of ether oxygens (including phenoxy) is 1. The van der Waals surface area contributed by atoms with E-state index in [1.54, 1.807) is 4.90 Å². The van der Waals surface area contributed by atoms with Gasteiger partial charge in [-0.05, 0) is 41.8 Å². The van der Waals surface area contributed by atoms with Crippen molar-refractivity contribution in [2.75, 3.05) is 38.0 Å². The van der Waals surface area contributed by atoms with Crippen LogP contribution in [0.25, 0.3) is 0 Å². The smallest absolute Gasteiger partial charge is 0.465 e. The highest BCUT2D eigenvalue weighted by Gasteiger charge is 2.35. The number of rotatable bonds is 3. The predicted octanol–water partition coefficient (Wildman–Crippen LogP) is 4.68. The number of benzene rings is 1. The van der Waals surface area contributed by atoms with Crippen LogP contribution in [0, 0.1) is 0 Å². The zero-order valence-electron chi connectivity index (χ0n) is 17.2. The number of carboxylic acid groups (broad SMARTS) is 1. The molecule has 2 heterocycles. The summed E-state index contributed by atoms with van der Waals surface area (Å²) < 4.78 is 41.7. The second kappa shape index (κ2) is 9.92. The molecule has 2 N–H and O–H groups in total. The number of carbonyl (C=O) groups is 2. The third-order valence-corrected chi connectivity index (χ3v) is 6.59. The van der Waals surface area contributed by atoms with Gasteiger partial charge in [-0.2, -0.15) is 0 Å². The fourth-order valence-electron chi connectivity index (χ4n) is 4.11. The Kier molecular flexibility index (Phi) is 7.66. The second-order valence-electron chi connectivity index (χ2n) is 7.77. The number of alkyl halides is 3. The van der Waals surface area contributed by atoms with Gasteiger partial charge in [-0.25, -0.2) is 9.59 Å². The molecule has 0 aromatic heterocycles. The minimum Gasteiger partial charge on any atom is -0.465 e. The number of piperazine rings is 1. The molecule has 1 aromatic carbocycles. The lowest BCUT2D eigenvalue weighted by atomic mass is 10.00. The molecule has 8 nitrogen and oxygen atoms in total. The van der Waals surface area contributed by atoms with E-state index in [2.05, 4.69) is 30.9 Å². The molecular weight excluding hydrogens is 521 g/mol. The van der Waals surface area contributed by atoms with Gasteiger partial charge < -0.3 is 25.0 Å². The summed E-state index contributed by atoms with van der Waals surface area (Å²) in [5.41, 5.74) is 0.0136. The lowest BCUT2D eigenvalue weighted by Gasteiger charge is -2.45. The quantitative estimate of drug-likeness (QED) is 0.578. The van der Waals surface area contributed by atoms with Crippen molar-refractivity contribution in [3.8, 4) is 5.75 Å². The van der Waals surface area contributed by atoms with E-state index in [1.165, 1.54) is 11.0 Å². The first kappa shape index (κ1) is 24.7. The Morgan fingerprint density at radius 2 is 1.84 bits per heavy atom. The number of hydrogen-bond donors (Lipinski definition) is 2. The molecule has 0 saturated carbocycles. The number of piperidine rings is 1. The highest BCUT2D eigenvalue weighted by atomic mass is 79.9. The Labute approximate surface area is 196 Å². The molecule has 178 valence electrons. The molecule has 0 unspecified atom stereocenters. The van der Waals surface area contributed by atoms with E-state index in [0.29, 0.717) is 45.6 Å². The molecule has 1 atom stereocenters. The minimum atomic E-state index is -4.88. The number of nitrogens with zero attached hydrogens (tertiary/aromatic N) is 3. The highest BCUT2D eigenvalue weighted by molar-refractivity contribution is 9.10. The molecule has 32 heavy (non-hydrogen) atoms. The van der Waals surface area contributed by atoms with Crippen LogP contribution in [0.5, 0.6) is 5.75 Å². The van der Waals surface area contributed by atoms with Crippen molar-refractivity contribution in [2.24, 2.45) is 0 Å². The van der Waals surface area contributed by atoms with Crippen molar-refractivity contribution in [1.82, 2.24) is 14.7 Å². The number of halogens is 5. The van der Waals surface area contributed by atoms with E-state index in [-0.39, 0.29) is 27.3 Å². The van der Waals surface area contributed by atoms with Crippen LogP contribution in [-0.2, 0) is 0 Å². The van der Waals surface area contributed by atoms with Gasteiger partial charge >= 0.3 is 18.5 Å². The maximum absolute atomic E-state index is 12.7. The summed E-state index contributed by atoms with van der Waals surface area (Å²) in [6.07, 6.45) is -4.38. The number of amides is 3.